The summed E-state index contributed by atoms with van der Waals surface area (Å²) in [7, 11) is 1.90. The average molecular weight is 224 g/mol. The standard InChI is InChI=1S/C12H21N3O/c1-5-6-7-15-9-8-14(4)12(15)11(16)13-10(2)3/h8-10H,5-7H2,1-4H3/p+1. The second-order valence-electron chi connectivity index (χ2n) is 4.41. The zero-order valence-corrected chi connectivity index (χ0v) is 10.7. The van der Waals surface area contributed by atoms with Crippen LogP contribution in [0.15, 0.2) is 12.4 Å². The number of hydrogen-bond donors (Lipinski definition) is 1. The molecule has 1 amide bonds. The van der Waals surface area contributed by atoms with Gasteiger partial charge in [-0.1, -0.05) is 13.3 Å². The lowest BCUT2D eigenvalue weighted by Crippen LogP contribution is -2.42. The molecule has 1 aromatic heterocycles. The molecule has 0 aromatic carbocycles. The molecule has 0 spiro atoms. The average Bonchev–Trinajstić information content (AvgIpc) is 2.55. The maximum atomic E-state index is 12.0. The van der Waals surface area contributed by atoms with Gasteiger partial charge in [0.1, 0.15) is 12.4 Å². The molecule has 1 N–H and O–H groups in total. The summed E-state index contributed by atoms with van der Waals surface area (Å²) in [6.45, 7) is 6.99. The first-order valence-electron chi connectivity index (χ1n) is 5.91. The monoisotopic (exact) mass is 224 g/mol. The Labute approximate surface area is 97.3 Å². The van der Waals surface area contributed by atoms with Crippen molar-refractivity contribution >= 4 is 5.91 Å². The number of rotatable bonds is 5. The number of aryl methyl sites for hydroxylation is 2. The molecule has 1 aromatic rings. The third kappa shape index (κ3) is 3.08. The molecule has 4 heteroatoms. The molecule has 0 unspecified atom stereocenters. The molecule has 0 saturated carbocycles. The number of nitrogens with zero attached hydrogens (tertiary/aromatic N) is 2. The molecular formula is C12H22N3O+. The number of carbonyl (C=O) groups is 1. The predicted molar refractivity (Wildman–Crippen MR) is 63.1 cm³/mol. The van der Waals surface area contributed by atoms with E-state index in [0.717, 1.165) is 25.2 Å². The van der Waals surface area contributed by atoms with Crippen LogP contribution in [0.25, 0.3) is 0 Å². The van der Waals surface area contributed by atoms with E-state index in [0.29, 0.717) is 0 Å². The number of nitrogens with one attached hydrogen (secondary N) is 1. The van der Waals surface area contributed by atoms with Crippen LogP contribution >= 0.6 is 0 Å². The van der Waals surface area contributed by atoms with Crippen molar-refractivity contribution < 1.29 is 9.36 Å². The van der Waals surface area contributed by atoms with Crippen molar-refractivity contribution in [2.75, 3.05) is 0 Å². The molecule has 0 fully saturated rings. The van der Waals surface area contributed by atoms with Gasteiger partial charge in [-0.2, -0.15) is 0 Å². The zero-order valence-electron chi connectivity index (χ0n) is 10.7. The Morgan fingerprint density at radius 2 is 2.25 bits per heavy atom. The van der Waals surface area contributed by atoms with Gasteiger partial charge in [0.2, 0.25) is 0 Å². The van der Waals surface area contributed by atoms with Gasteiger partial charge in [-0.25, -0.2) is 9.13 Å². The number of carbonyl (C=O) groups excluding carboxylic acids is 1. The summed E-state index contributed by atoms with van der Waals surface area (Å²) in [5.74, 6) is 0.723. The van der Waals surface area contributed by atoms with Gasteiger partial charge < -0.3 is 5.32 Å². The molecule has 4 nitrogen and oxygen atoms in total. The Kier molecular flexibility index (Phi) is 4.52. The fraction of sp³-hybridized carbons (Fsp3) is 0.667. The summed E-state index contributed by atoms with van der Waals surface area (Å²) in [5.41, 5.74) is 0. The molecule has 0 bridgehead atoms. The van der Waals surface area contributed by atoms with Gasteiger partial charge in [0.05, 0.1) is 13.6 Å². The van der Waals surface area contributed by atoms with E-state index in [-0.39, 0.29) is 11.9 Å². The molecule has 0 aliphatic heterocycles. The van der Waals surface area contributed by atoms with E-state index in [1.807, 2.05) is 42.4 Å². The van der Waals surface area contributed by atoms with Crippen LogP contribution in [-0.2, 0) is 13.6 Å². The minimum atomic E-state index is -0.00129. The zero-order chi connectivity index (χ0) is 12.1. The fourth-order valence-electron chi connectivity index (χ4n) is 1.65. The van der Waals surface area contributed by atoms with Gasteiger partial charge in [0.15, 0.2) is 0 Å². The van der Waals surface area contributed by atoms with Gasteiger partial charge in [0.25, 0.3) is 0 Å². The molecule has 0 aliphatic rings. The van der Waals surface area contributed by atoms with Crippen LogP contribution < -0.4 is 9.88 Å². The molecule has 0 atom stereocenters. The maximum absolute atomic E-state index is 12.0. The molecule has 90 valence electrons. The Balaban J connectivity index is 2.84. The van der Waals surface area contributed by atoms with Crippen LogP contribution in [0, 0.1) is 0 Å². The Morgan fingerprint density at radius 3 is 2.81 bits per heavy atom. The molecule has 16 heavy (non-hydrogen) atoms. The first-order valence-corrected chi connectivity index (χ1v) is 5.91. The van der Waals surface area contributed by atoms with Gasteiger partial charge in [-0.15, -0.1) is 0 Å². The molecule has 0 aliphatic carbocycles. The van der Waals surface area contributed by atoms with Gasteiger partial charge in [-0.05, 0) is 20.3 Å². The number of unbranched alkanes of at least 4 members (excludes halogenated alkanes) is 1. The topological polar surface area (TPSA) is 37.9 Å². The van der Waals surface area contributed by atoms with E-state index < -0.39 is 0 Å². The molecule has 0 radical (unpaired) electrons. The van der Waals surface area contributed by atoms with Gasteiger partial charge >= 0.3 is 11.7 Å². The molecular weight excluding hydrogens is 202 g/mol. The summed E-state index contributed by atoms with van der Waals surface area (Å²) in [6.07, 6.45) is 6.11. The highest BCUT2D eigenvalue weighted by molar-refractivity contribution is 5.89. The van der Waals surface area contributed by atoms with Crippen LogP contribution in [0.3, 0.4) is 0 Å². The summed E-state index contributed by atoms with van der Waals surface area (Å²) >= 11 is 0. The SMILES string of the molecule is CCCCn1cc[n+](C)c1C(=O)NC(C)C. The van der Waals surface area contributed by atoms with Gasteiger partial charge in [-0.3, -0.25) is 4.79 Å². The summed E-state index contributed by atoms with van der Waals surface area (Å²) < 4.78 is 3.88. The lowest BCUT2D eigenvalue weighted by Gasteiger charge is -2.07. The lowest BCUT2D eigenvalue weighted by atomic mass is 10.3. The van der Waals surface area contributed by atoms with Crippen molar-refractivity contribution in [2.45, 2.75) is 46.2 Å². The van der Waals surface area contributed by atoms with Crippen LogP contribution in [0.4, 0.5) is 0 Å². The number of imidazole rings is 1. The summed E-state index contributed by atoms with van der Waals surface area (Å²) in [4.78, 5) is 12.0. The lowest BCUT2D eigenvalue weighted by molar-refractivity contribution is -0.673. The highest BCUT2D eigenvalue weighted by atomic mass is 16.2. The predicted octanol–water partition coefficient (Wildman–Crippen LogP) is 1.25. The first-order chi connectivity index (χ1) is 7.56. The van der Waals surface area contributed by atoms with Crippen LogP contribution in [-0.4, -0.2) is 16.5 Å². The van der Waals surface area contributed by atoms with E-state index in [2.05, 4.69) is 12.2 Å². The number of aromatic nitrogens is 2. The van der Waals surface area contributed by atoms with Crippen LogP contribution in [0.1, 0.15) is 44.2 Å². The quantitative estimate of drug-likeness (QED) is 0.751. The highest BCUT2D eigenvalue weighted by Gasteiger charge is 2.23. The summed E-state index contributed by atoms with van der Waals surface area (Å²) in [5, 5.41) is 2.92. The maximum Gasteiger partial charge on any atom is 0.347 e. The van der Waals surface area contributed by atoms with Crippen LogP contribution in [0.2, 0.25) is 0 Å². The van der Waals surface area contributed by atoms with Gasteiger partial charge in [0, 0.05) is 6.04 Å². The Bertz CT molecular complexity index is 355. The first kappa shape index (κ1) is 12.7. The van der Waals surface area contributed by atoms with Crippen molar-refractivity contribution in [3.8, 4) is 0 Å². The molecule has 1 heterocycles. The normalized spacial score (nSPS) is 10.8. The van der Waals surface area contributed by atoms with Crippen molar-refractivity contribution in [1.29, 1.82) is 0 Å². The minimum absolute atomic E-state index is 0.00129. The minimum Gasteiger partial charge on any atom is -0.343 e. The van der Waals surface area contributed by atoms with E-state index in [4.69, 9.17) is 0 Å². The van der Waals surface area contributed by atoms with Crippen molar-refractivity contribution in [3.05, 3.63) is 18.2 Å². The second kappa shape index (κ2) is 5.68. The second-order valence-corrected chi connectivity index (χ2v) is 4.41. The summed E-state index contributed by atoms with van der Waals surface area (Å²) in [6, 6.07) is 0.169. The molecule has 1 rings (SSSR count). The fourth-order valence-corrected chi connectivity index (χ4v) is 1.65. The van der Waals surface area contributed by atoms with Crippen molar-refractivity contribution in [2.24, 2.45) is 7.05 Å². The molecule has 0 saturated heterocycles. The Hall–Kier alpha value is -1.32. The van der Waals surface area contributed by atoms with E-state index in [1.165, 1.54) is 0 Å². The van der Waals surface area contributed by atoms with Crippen LogP contribution in [0.5, 0.6) is 0 Å². The van der Waals surface area contributed by atoms with E-state index in [1.54, 1.807) is 0 Å². The Morgan fingerprint density at radius 1 is 1.56 bits per heavy atom. The van der Waals surface area contributed by atoms with E-state index in [9.17, 15) is 4.79 Å². The number of hydrogen-bond acceptors (Lipinski definition) is 1. The smallest absolute Gasteiger partial charge is 0.343 e. The third-order valence-electron chi connectivity index (χ3n) is 2.45. The van der Waals surface area contributed by atoms with E-state index >= 15 is 0 Å². The largest absolute Gasteiger partial charge is 0.347 e. The number of amides is 1. The van der Waals surface area contributed by atoms with Crippen molar-refractivity contribution in [3.63, 3.8) is 0 Å². The highest BCUT2D eigenvalue weighted by Crippen LogP contribution is 2.00. The third-order valence-corrected chi connectivity index (χ3v) is 2.45. The van der Waals surface area contributed by atoms with Crippen molar-refractivity contribution in [1.82, 2.24) is 9.88 Å².